The van der Waals surface area contributed by atoms with Crippen molar-refractivity contribution in [2.24, 2.45) is 40.4 Å². The van der Waals surface area contributed by atoms with Gasteiger partial charge in [-0.2, -0.15) is 0 Å². The summed E-state index contributed by atoms with van der Waals surface area (Å²) in [5, 5.41) is 0. The van der Waals surface area contributed by atoms with Crippen LogP contribution >= 0.6 is 0 Å². The van der Waals surface area contributed by atoms with Gasteiger partial charge in [0.25, 0.3) is 6.47 Å². The summed E-state index contributed by atoms with van der Waals surface area (Å²) in [6.07, 6.45) is 9.54. The second-order valence-corrected chi connectivity index (χ2v) is 11.6. The third-order valence-electron chi connectivity index (χ3n) is 10.5. The fourth-order valence-corrected chi connectivity index (χ4v) is 8.90. The van der Waals surface area contributed by atoms with Crippen LogP contribution in [0.25, 0.3) is 0 Å². The van der Waals surface area contributed by atoms with E-state index in [2.05, 4.69) is 20.8 Å². The molecule has 0 aliphatic heterocycles. The van der Waals surface area contributed by atoms with E-state index >= 15 is 0 Å². The van der Waals surface area contributed by atoms with Crippen LogP contribution in [0.1, 0.15) is 82.5 Å². The molecule has 0 unspecified atom stereocenters. The Kier molecular flexibility index (Phi) is 5.62. The molecular formula is C28H38O4. The molecule has 0 spiro atoms. The van der Waals surface area contributed by atoms with Crippen LogP contribution in [-0.2, 0) is 14.3 Å². The van der Waals surface area contributed by atoms with E-state index < -0.39 is 0 Å². The van der Waals surface area contributed by atoms with Crippen LogP contribution < -0.4 is 0 Å². The van der Waals surface area contributed by atoms with Crippen LogP contribution in [0.4, 0.5) is 0 Å². The first-order valence-electron chi connectivity index (χ1n) is 12.7. The lowest BCUT2D eigenvalue weighted by molar-refractivity contribution is -0.138. The highest BCUT2D eigenvalue weighted by Crippen LogP contribution is 2.70. The third-order valence-corrected chi connectivity index (χ3v) is 10.5. The summed E-state index contributed by atoms with van der Waals surface area (Å²) in [6, 6.07) is 9.37. The number of fused-ring (bicyclic) bond motifs is 5. The Labute approximate surface area is 192 Å². The minimum atomic E-state index is -0.195. The molecule has 9 atom stereocenters. The van der Waals surface area contributed by atoms with Crippen LogP contribution in [0.3, 0.4) is 0 Å². The van der Waals surface area contributed by atoms with Crippen molar-refractivity contribution in [2.45, 2.75) is 84.3 Å². The van der Waals surface area contributed by atoms with Gasteiger partial charge in [0.2, 0.25) is 0 Å². The van der Waals surface area contributed by atoms with Crippen molar-refractivity contribution in [1.29, 1.82) is 0 Å². The van der Waals surface area contributed by atoms with Gasteiger partial charge in [0.05, 0.1) is 5.56 Å². The van der Waals surface area contributed by atoms with Crippen molar-refractivity contribution in [3.05, 3.63) is 35.9 Å². The summed E-state index contributed by atoms with van der Waals surface area (Å²) >= 11 is 0. The largest absolute Gasteiger partial charge is 0.465 e. The fourth-order valence-electron chi connectivity index (χ4n) is 8.90. The molecule has 1 aromatic rings. The molecule has 4 nitrogen and oxygen atoms in total. The Morgan fingerprint density at radius 1 is 1.00 bits per heavy atom. The van der Waals surface area contributed by atoms with E-state index in [4.69, 9.17) is 9.47 Å². The maximum atomic E-state index is 12.7. The van der Waals surface area contributed by atoms with Crippen LogP contribution in [-0.4, -0.2) is 24.6 Å². The number of benzene rings is 1. The van der Waals surface area contributed by atoms with E-state index in [9.17, 15) is 9.59 Å². The van der Waals surface area contributed by atoms with E-state index in [1.54, 1.807) is 0 Å². The van der Waals surface area contributed by atoms with Crippen molar-refractivity contribution >= 4 is 12.4 Å². The molecule has 4 heteroatoms. The van der Waals surface area contributed by atoms with E-state index in [-0.39, 0.29) is 23.6 Å². The van der Waals surface area contributed by atoms with Crippen LogP contribution in [0.5, 0.6) is 0 Å². The molecule has 4 aliphatic carbocycles. The molecule has 0 radical (unpaired) electrons. The van der Waals surface area contributed by atoms with Gasteiger partial charge in [0.15, 0.2) is 0 Å². The van der Waals surface area contributed by atoms with Gasteiger partial charge in [0.1, 0.15) is 12.2 Å². The lowest BCUT2D eigenvalue weighted by Gasteiger charge is -2.51. The van der Waals surface area contributed by atoms with Gasteiger partial charge in [0, 0.05) is 5.92 Å². The molecule has 0 heterocycles. The summed E-state index contributed by atoms with van der Waals surface area (Å²) in [4.78, 5) is 23.6. The molecule has 0 amide bonds. The zero-order valence-corrected chi connectivity index (χ0v) is 19.8. The van der Waals surface area contributed by atoms with Gasteiger partial charge in [-0.25, -0.2) is 4.79 Å². The predicted octanol–water partition coefficient (Wildman–Crippen LogP) is 6.04. The highest BCUT2D eigenvalue weighted by molar-refractivity contribution is 5.89. The Hall–Kier alpha value is -1.84. The van der Waals surface area contributed by atoms with E-state index in [0.717, 1.165) is 37.0 Å². The number of carbonyl (C=O) groups is 2. The third kappa shape index (κ3) is 3.40. The van der Waals surface area contributed by atoms with Crippen LogP contribution in [0.15, 0.2) is 30.3 Å². The predicted molar refractivity (Wildman–Crippen MR) is 123 cm³/mol. The second-order valence-electron chi connectivity index (χ2n) is 11.6. The first-order chi connectivity index (χ1) is 15.4. The Morgan fingerprint density at radius 2 is 1.72 bits per heavy atom. The van der Waals surface area contributed by atoms with Crippen molar-refractivity contribution in [3.63, 3.8) is 0 Å². The quantitative estimate of drug-likeness (QED) is 0.415. The number of carbonyl (C=O) groups excluding carboxylic acids is 2. The van der Waals surface area contributed by atoms with Gasteiger partial charge >= 0.3 is 5.97 Å². The number of hydrogen-bond acceptors (Lipinski definition) is 4. The van der Waals surface area contributed by atoms with Gasteiger partial charge in [-0.1, -0.05) is 32.0 Å². The first-order valence-corrected chi connectivity index (χ1v) is 12.7. The van der Waals surface area contributed by atoms with Crippen LogP contribution in [0.2, 0.25) is 0 Å². The first kappa shape index (κ1) is 22.0. The van der Waals surface area contributed by atoms with Crippen molar-refractivity contribution in [2.75, 3.05) is 0 Å². The average Bonchev–Trinajstić information content (AvgIpc) is 3.28. The molecule has 5 rings (SSSR count). The standard InChI is InChI=1S/C28H38O4/c1-18(32-26(30)19-7-5-4-6-8-19)23-9-10-24-22-16-20-15-21(31-17-29)11-13-27(20,2)25(22)12-14-28(23,24)3/h4-8,17-18,20-25H,9-16H2,1-3H3/t18-,20-,21-,22+,23-,24+,25+,27+,28-/m1/s1. The molecule has 0 saturated heterocycles. The molecule has 0 bridgehead atoms. The van der Waals surface area contributed by atoms with Gasteiger partial charge in [-0.3, -0.25) is 4.79 Å². The summed E-state index contributed by atoms with van der Waals surface area (Å²) in [6.45, 7) is 7.77. The molecule has 1 aromatic carbocycles. The minimum absolute atomic E-state index is 0.0566. The lowest BCUT2D eigenvalue weighted by Crippen LogP contribution is -2.46. The Bertz CT molecular complexity index is 852. The van der Waals surface area contributed by atoms with Gasteiger partial charge < -0.3 is 9.47 Å². The lowest BCUT2D eigenvalue weighted by atomic mass is 9.54. The minimum Gasteiger partial charge on any atom is -0.465 e. The summed E-state index contributed by atoms with van der Waals surface area (Å²) in [7, 11) is 0. The van der Waals surface area contributed by atoms with E-state index in [1.165, 1.54) is 32.1 Å². The van der Waals surface area contributed by atoms with Crippen molar-refractivity contribution in [1.82, 2.24) is 0 Å². The summed E-state index contributed by atoms with van der Waals surface area (Å²) in [5.41, 5.74) is 1.29. The highest BCUT2D eigenvalue weighted by Gasteiger charge is 2.63. The van der Waals surface area contributed by atoms with E-state index in [0.29, 0.717) is 29.3 Å². The number of hydrogen-bond donors (Lipinski definition) is 0. The van der Waals surface area contributed by atoms with Crippen LogP contribution in [0, 0.1) is 40.4 Å². The van der Waals surface area contributed by atoms with Gasteiger partial charge in [-0.05, 0) is 105 Å². The molecule has 4 fully saturated rings. The second kappa shape index (κ2) is 8.18. The Morgan fingerprint density at radius 3 is 2.47 bits per heavy atom. The van der Waals surface area contributed by atoms with E-state index in [1.807, 2.05) is 30.3 Å². The smallest absolute Gasteiger partial charge is 0.338 e. The van der Waals surface area contributed by atoms with Gasteiger partial charge in [-0.15, -0.1) is 0 Å². The fraction of sp³-hybridized carbons (Fsp3) is 0.714. The topological polar surface area (TPSA) is 52.6 Å². The average molecular weight is 439 g/mol. The SMILES string of the molecule is C[C@@H](OC(=O)c1ccccc1)[C@H]1CC[C@H]2[C@@H]3C[C@H]4C[C@H](OC=O)CC[C@]4(C)[C@H]3CC[C@]12C. The van der Waals surface area contributed by atoms with Crippen molar-refractivity contribution in [3.8, 4) is 0 Å². The zero-order valence-electron chi connectivity index (χ0n) is 19.8. The molecular weight excluding hydrogens is 400 g/mol. The monoisotopic (exact) mass is 438 g/mol. The number of esters is 1. The summed E-state index contributed by atoms with van der Waals surface area (Å²) < 4.78 is 11.4. The number of ether oxygens (including phenoxy) is 2. The molecule has 0 aromatic heterocycles. The maximum absolute atomic E-state index is 12.7. The maximum Gasteiger partial charge on any atom is 0.338 e. The molecule has 0 N–H and O–H groups in total. The van der Waals surface area contributed by atoms with Crippen molar-refractivity contribution < 1.29 is 19.1 Å². The normalized spacial score (nSPS) is 43.5. The zero-order chi connectivity index (χ0) is 22.5. The summed E-state index contributed by atoms with van der Waals surface area (Å²) in [5.74, 6) is 3.19. The highest BCUT2D eigenvalue weighted by atomic mass is 16.5. The molecule has 32 heavy (non-hydrogen) atoms. The molecule has 4 aliphatic rings. The molecule has 4 saturated carbocycles. The molecule has 174 valence electrons. The Balaban J connectivity index is 1.30. The number of rotatable bonds is 5.